The van der Waals surface area contributed by atoms with Crippen LogP contribution in [0.15, 0.2) is 54.3 Å². The normalized spacial score (nSPS) is 28.4. The minimum atomic E-state index is -4.20. The number of aliphatic hydroxyl groups excluding tert-OH is 2. The highest BCUT2D eigenvalue weighted by molar-refractivity contribution is 7.51. The van der Waals surface area contributed by atoms with Crippen LogP contribution in [-0.4, -0.2) is 57.5 Å². The second-order valence-electron chi connectivity index (χ2n) is 6.79. The second-order valence-corrected chi connectivity index (χ2v) is 8.57. The molecule has 2 aliphatic heterocycles. The molecule has 8 nitrogen and oxygen atoms in total. The standard InChI is InChI=1S/C17H24BN2O6P/c21-14-10-16(26-15(17(14)22)7-9-27(23,24)25)20-13-6-8-18(19-11-13)12-4-2-1-3-5-12/h1-6,8,11,14-17,19-22H,7,9-10H2,(H2,23,24,25)/t14-,15-,16+,17+/m1/s1. The number of ether oxygens (including phenoxy) is 1. The summed E-state index contributed by atoms with van der Waals surface area (Å²) in [5.74, 6) is 2.00. The summed E-state index contributed by atoms with van der Waals surface area (Å²) < 4.78 is 16.8. The number of hydrogen-bond acceptors (Lipinski definition) is 6. The third kappa shape index (κ3) is 5.68. The van der Waals surface area contributed by atoms with Gasteiger partial charge in [-0.05, 0) is 12.5 Å². The lowest BCUT2D eigenvalue weighted by Gasteiger charge is -2.38. The zero-order valence-electron chi connectivity index (χ0n) is 14.7. The predicted molar refractivity (Wildman–Crippen MR) is 102 cm³/mol. The average Bonchev–Trinajstić information content (AvgIpc) is 2.64. The molecule has 0 radical (unpaired) electrons. The molecule has 1 aromatic rings. The van der Waals surface area contributed by atoms with Crippen molar-refractivity contribution >= 4 is 19.9 Å². The average molecular weight is 394 g/mol. The fourth-order valence-corrected chi connectivity index (χ4v) is 3.80. The van der Waals surface area contributed by atoms with E-state index in [1.54, 1.807) is 0 Å². The molecule has 146 valence electrons. The molecule has 3 rings (SSSR count). The van der Waals surface area contributed by atoms with Gasteiger partial charge in [-0.1, -0.05) is 41.8 Å². The molecule has 1 aromatic carbocycles. The van der Waals surface area contributed by atoms with E-state index in [2.05, 4.69) is 10.5 Å². The summed E-state index contributed by atoms with van der Waals surface area (Å²) in [5, 5.41) is 26.5. The molecule has 0 spiro atoms. The second kappa shape index (κ2) is 8.60. The molecule has 0 amide bonds. The Bertz CT molecular complexity index is 740. The van der Waals surface area contributed by atoms with Gasteiger partial charge in [0.05, 0.1) is 18.4 Å². The Morgan fingerprint density at radius 2 is 2.00 bits per heavy atom. The molecule has 2 aliphatic rings. The van der Waals surface area contributed by atoms with E-state index in [0.717, 1.165) is 11.2 Å². The molecule has 0 aliphatic carbocycles. The molecular weight excluding hydrogens is 370 g/mol. The van der Waals surface area contributed by atoms with Crippen LogP contribution in [0, 0.1) is 0 Å². The molecule has 0 aromatic heterocycles. The molecule has 10 heteroatoms. The Morgan fingerprint density at radius 3 is 2.63 bits per heavy atom. The van der Waals surface area contributed by atoms with Gasteiger partial charge in [-0.3, -0.25) is 4.57 Å². The molecule has 4 atom stereocenters. The Labute approximate surface area is 158 Å². The lowest BCUT2D eigenvalue weighted by atomic mass is 9.55. The SMILES string of the molecule is O=P(O)(O)CC[C@H]1O[C@H](NC2=CNB(c3ccccc3)C=C2)C[C@@H](O)[C@@H]1O. The van der Waals surface area contributed by atoms with Crippen LogP contribution in [0.5, 0.6) is 0 Å². The van der Waals surface area contributed by atoms with E-state index in [-0.39, 0.29) is 19.7 Å². The van der Waals surface area contributed by atoms with Gasteiger partial charge >= 0.3 is 14.4 Å². The zero-order chi connectivity index (χ0) is 19.4. The summed E-state index contributed by atoms with van der Waals surface area (Å²) in [5.41, 5.74) is 1.89. The summed E-state index contributed by atoms with van der Waals surface area (Å²) >= 11 is 0. The van der Waals surface area contributed by atoms with Gasteiger partial charge in [-0.2, -0.15) is 0 Å². The first-order valence-electron chi connectivity index (χ1n) is 8.84. The molecule has 1 fully saturated rings. The molecule has 0 bridgehead atoms. The number of aliphatic hydroxyl groups is 2. The number of nitrogens with one attached hydrogen (secondary N) is 2. The summed E-state index contributed by atoms with van der Waals surface area (Å²) in [7, 11) is -4.20. The summed E-state index contributed by atoms with van der Waals surface area (Å²) in [4.78, 5) is 18.0. The topological polar surface area (TPSA) is 131 Å². The Kier molecular flexibility index (Phi) is 6.42. The Balaban J connectivity index is 1.56. The number of rotatable bonds is 6. The van der Waals surface area contributed by atoms with Crippen molar-refractivity contribution in [3.63, 3.8) is 0 Å². The first-order valence-corrected chi connectivity index (χ1v) is 10.6. The first kappa shape index (κ1) is 20.1. The van der Waals surface area contributed by atoms with Crippen LogP contribution >= 0.6 is 7.60 Å². The third-order valence-corrected chi connectivity index (χ3v) is 5.49. The molecular formula is C17H24BN2O6P. The van der Waals surface area contributed by atoms with E-state index in [4.69, 9.17) is 14.5 Å². The van der Waals surface area contributed by atoms with Crippen LogP contribution in [0.1, 0.15) is 12.8 Å². The monoisotopic (exact) mass is 394 g/mol. The van der Waals surface area contributed by atoms with Gasteiger partial charge < -0.3 is 35.3 Å². The number of allylic oxidation sites excluding steroid dienone is 1. The smallest absolute Gasteiger partial charge is 0.325 e. The van der Waals surface area contributed by atoms with Gasteiger partial charge in [-0.25, -0.2) is 0 Å². The Hall–Kier alpha value is -1.61. The minimum absolute atomic E-state index is 0.0378. The molecule has 0 unspecified atom stereocenters. The largest absolute Gasteiger partial charge is 0.425 e. The summed E-state index contributed by atoms with van der Waals surface area (Å²) in [6.45, 7) is 0.0624. The maximum Gasteiger partial charge on any atom is 0.325 e. The van der Waals surface area contributed by atoms with Crippen molar-refractivity contribution in [2.45, 2.75) is 37.4 Å². The van der Waals surface area contributed by atoms with E-state index < -0.39 is 38.3 Å². The van der Waals surface area contributed by atoms with Crippen LogP contribution in [0.3, 0.4) is 0 Å². The van der Waals surface area contributed by atoms with Gasteiger partial charge in [0, 0.05) is 18.3 Å². The van der Waals surface area contributed by atoms with E-state index in [0.29, 0.717) is 0 Å². The van der Waals surface area contributed by atoms with E-state index >= 15 is 0 Å². The number of hydrogen-bond donors (Lipinski definition) is 6. The highest BCUT2D eigenvalue weighted by Gasteiger charge is 2.37. The van der Waals surface area contributed by atoms with Crippen molar-refractivity contribution < 1.29 is 29.3 Å². The maximum absolute atomic E-state index is 11.1. The lowest BCUT2D eigenvalue weighted by molar-refractivity contribution is -0.174. The molecule has 27 heavy (non-hydrogen) atoms. The van der Waals surface area contributed by atoms with Crippen LogP contribution in [0.2, 0.25) is 0 Å². The van der Waals surface area contributed by atoms with Gasteiger partial charge in [0.1, 0.15) is 12.3 Å². The maximum atomic E-state index is 11.1. The quantitative estimate of drug-likeness (QED) is 0.279. The molecule has 1 saturated heterocycles. The van der Waals surface area contributed by atoms with Gasteiger partial charge in [0.2, 0.25) is 0 Å². The molecule has 2 heterocycles. The lowest BCUT2D eigenvalue weighted by Crippen LogP contribution is -2.53. The highest BCUT2D eigenvalue weighted by atomic mass is 31.2. The molecule has 6 N–H and O–H groups in total. The van der Waals surface area contributed by atoms with Crippen molar-refractivity contribution in [3.8, 4) is 0 Å². The van der Waals surface area contributed by atoms with Gasteiger partial charge in [0.15, 0.2) is 0 Å². The van der Waals surface area contributed by atoms with Crippen LogP contribution in [-0.2, 0) is 9.30 Å². The summed E-state index contributed by atoms with van der Waals surface area (Å²) in [6.07, 6.45) is -0.194. The zero-order valence-corrected chi connectivity index (χ0v) is 15.6. The van der Waals surface area contributed by atoms with Crippen LogP contribution in [0.25, 0.3) is 0 Å². The number of benzene rings is 1. The van der Waals surface area contributed by atoms with Crippen molar-refractivity contribution in [1.29, 1.82) is 0 Å². The van der Waals surface area contributed by atoms with E-state index in [9.17, 15) is 14.8 Å². The van der Waals surface area contributed by atoms with E-state index in [1.807, 2.05) is 48.6 Å². The van der Waals surface area contributed by atoms with Crippen LogP contribution in [0.4, 0.5) is 0 Å². The fourth-order valence-electron chi connectivity index (χ4n) is 3.21. The van der Waals surface area contributed by atoms with Crippen molar-refractivity contribution in [1.82, 2.24) is 10.5 Å². The first-order chi connectivity index (χ1) is 12.8. The van der Waals surface area contributed by atoms with E-state index in [1.165, 1.54) is 0 Å². The third-order valence-electron chi connectivity index (χ3n) is 4.65. The van der Waals surface area contributed by atoms with Crippen molar-refractivity contribution in [3.05, 3.63) is 54.3 Å². The van der Waals surface area contributed by atoms with Crippen LogP contribution < -0.4 is 16.0 Å². The van der Waals surface area contributed by atoms with Crippen molar-refractivity contribution in [2.75, 3.05) is 6.16 Å². The fraction of sp³-hybridized carbons (Fsp3) is 0.412. The van der Waals surface area contributed by atoms with Gasteiger partial charge in [-0.15, -0.1) is 0 Å². The Morgan fingerprint density at radius 1 is 1.26 bits per heavy atom. The minimum Gasteiger partial charge on any atom is -0.425 e. The van der Waals surface area contributed by atoms with Gasteiger partial charge in [0.25, 0.3) is 0 Å². The molecule has 0 saturated carbocycles. The van der Waals surface area contributed by atoms with Crippen molar-refractivity contribution in [2.24, 2.45) is 0 Å². The summed E-state index contributed by atoms with van der Waals surface area (Å²) in [6, 6.07) is 9.97. The highest BCUT2D eigenvalue weighted by Crippen LogP contribution is 2.37. The predicted octanol–water partition coefficient (Wildman–Crippen LogP) is -0.581.